The highest BCUT2D eigenvalue weighted by molar-refractivity contribution is 7.20. The number of aryl methyl sites for hydroxylation is 1. The number of benzene rings is 1. The van der Waals surface area contributed by atoms with E-state index in [0.29, 0.717) is 31.2 Å². The Labute approximate surface area is 174 Å². The molecule has 0 saturated carbocycles. The van der Waals surface area contributed by atoms with Crippen LogP contribution in [0, 0.1) is 17.6 Å². The van der Waals surface area contributed by atoms with E-state index in [-0.39, 0.29) is 18.9 Å². The summed E-state index contributed by atoms with van der Waals surface area (Å²) >= 11 is 13.6. The number of halogens is 4. The number of aromatic nitrogens is 2. The van der Waals surface area contributed by atoms with Crippen molar-refractivity contribution in [1.82, 2.24) is 9.78 Å². The third-order valence-corrected chi connectivity index (χ3v) is 5.75. The number of amides is 1. The Bertz CT molecular complexity index is 1000. The van der Waals surface area contributed by atoms with Crippen molar-refractivity contribution in [3.63, 3.8) is 0 Å². The Hall–Kier alpha value is -2.00. The minimum absolute atomic E-state index is 0.0460. The largest absolute Gasteiger partial charge is 0.330 e. The van der Waals surface area contributed by atoms with Gasteiger partial charge in [0.25, 0.3) is 0 Å². The van der Waals surface area contributed by atoms with E-state index in [4.69, 9.17) is 28.9 Å². The molecule has 3 rings (SSSR count). The number of hydrogen-bond donors (Lipinski definition) is 2. The molecule has 0 bridgehead atoms. The van der Waals surface area contributed by atoms with Crippen molar-refractivity contribution in [3.8, 4) is 11.3 Å². The van der Waals surface area contributed by atoms with Crippen LogP contribution in [0.4, 0.5) is 13.8 Å². The van der Waals surface area contributed by atoms with Crippen molar-refractivity contribution in [2.45, 2.75) is 6.42 Å². The van der Waals surface area contributed by atoms with E-state index in [1.807, 2.05) is 0 Å². The van der Waals surface area contributed by atoms with Crippen LogP contribution in [0.1, 0.15) is 5.56 Å². The lowest BCUT2D eigenvalue weighted by Crippen LogP contribution is -2.30. The zero-order valence-corrected chi connectivity index (χ0v) is 17.0. The summed E-state index contributed by atoms with van der Waals surface area (Å²) in [5, 5.41) is 7.81. The molecule has 10 heteroatoms. The molecule has 2 aromatic heterocycles. The van der Waals surface area contributed by atoms with Crippen LogP contribution in [-0.2, 0) is 18.3 Å². The summed E-state index contributed by atoms with van der Waals surface area (Å²) in [5.41, 5.74) is 7.49. The van der Waals surface area contributed by atoms with Gasteiger partial charge < -0.3 is 11.1 Å². The van der Waals surface area contributed by atoms with E-state index in [2.05, 4.69) is 10.4 Å². The summed E-state index contributed by atoms with van der Waals surface area (Å²) in [6.45, 7) is 0.0460. The lowest BCUT2D eigenvalue weighted by Gasteiger charge is -2.14. The summed E-state index contributed by atoms with van der Waals surface area (Å²) in [6.07, 6.45) is 1.69. The van der Waals surface area contributed by atoms with Gasteiger partial charge in [-0.3, -0.25) is 9.48 Å². The average molecular weight is 445 g/mol. The first-order valence-electron chi connectivity index (χ1n) is 8.22. The van der Waals surface area contributed by atoms with Crippen LogP contribution in [0.3, 0.4) is 0 Å². The van der Waals surface area contributed by atoms with Gasteiger partial charge in [-0.1, -0.05) is 29.3 Å². The molecule has 0 radical (unpaired) electrons. The molecule has 1 unspecified atom stereocenters. The maximum atomic E-state index is 13.4. The zero-order chi connectivity index (χ0) is 20.4. The minimum atomic E-state index is -0.962. The van der Waals surface area contributed by atoms with Gasteiger partial charge in [-0.15, -0.1) is 11.3 Å². The highest BCUT2D eigenvalue weighted by atomic mass is 35.5. The van der Waals surface area contributed by atoms with Gasteiger partial charge in [-0.25, -0.2) is 8.78 Å². The number of nitrogens with one attached hydrogen (secondary N) is 1. The van der Waals surface area contributed by atoms with Crippen molar-refractivity contribution in [3.05, 3.63) is 57.0 Å². The molecule has 28 heavy (non-hydrogen) atoms. The third kappa shape index (κ3) is 4.35. The van der Waals surface area contributed by atoms with Crippen molar-refractivity contribution in [2.75, 3.05) is 11.9 Å². The number of anilines is 1. The first-order valence-corrected chi connectivity index (χ1v) is 9.79. The molecule has 148 valence electrons. The van der Waals surface area contributed by atoms with Crippen molar-refractivity contribution < 1.29 is 13.6 Å². The Balaban J connectivity index is 1.76. The number of nitrogens with zero attached hydrogens (tertiary/aromatic N) is 2. The van der Waals surface area contributed by atoms with Gasteiger partial charge in [0, 0.05) is 19.2 Å². The van der Waals surface area contributed by atoms with Crippen LogP contribution >= 0.6 is 34.5 Å². The molecule has 0 saturated heterocycles. The van der Waals surface area contributed by atoms with E-state index in [0.717, 1.165) is 12.1 Å². The fraction of sp³-hybridized carbons (Fsp3) is 0.222. The van der Waals surface area contributed by atoms with Gasteiger partial charge in [-0.05, 0) is 30.2 Å². The summed E-state index contributed by atoms with van der Waals surface area (Å²) in [5.74, 6) is -2.86. The summed E-state index contributed by atoms with van der Waals surface area (Å²) in [7, 11) is 1.74. The second-order valence-corrected chi connectivity index (χ2v) is 8.20. The van der Waals surface area contributed by atoms with Gasteiger partial charge in [0.1, 0.15) is 4.34 Å². The van der Waals surface area contributed by atoms with Crippen LogP contribution in [0.15, 0.2) is 30.5 Å². The van der Waals surface area contributed by atoms with E-state index in [1.54, 1.807) is 17.8 Å². The Morgan fingerprint density at radius 3 is 2.68 bits per heavy atom. The highest BCUT2D eigenvalue weighted by Gasteiger charge is 2.21. The van der Waals surface area contributed by atoms with Crippen molar-refractivity contribution >= 4 is 45.4 Å². The van der Waals surface area contributed by atoms with E-state index < -0.39 is 17.6 Å². The number of nitrogens with two attached hydrogens (primary N) is 1. The van der Waals surface area contributed by atoms with Gasteiger partial charge >= 0.3 is 0 Å². The number of hydrogen-bond acceptors (Lipinski definition) is 4. The van der Waals surface area contributed by atoms with Gasteiger partial charge in [0.2, 0.25) is 5.91 Å². The molecule has 3 aromatic rings. The lowest BCUT2D eigenvalue weighted by atomic mass is 9.98. The zero-order valence-electron chi connectivity index (χ0n) is 14.7. The van der Waals surface area contributed by atoms with E-state index in [1.165, 1.54) is 23.6 Å². The molecule has 3 N–H and O–H groups in total. The van der Waals surface area contributed by atoms with Crippen molar-refractivity contribution in [1.29, 1.82) is 0 Å². The normalized spacial score (nSPS) is 12.2. The molecule has 1 aromatic carbocycles. The molecule has 0 aliphatic carbocycles. The van der Waals surface area contributed by atoms with Crippen molar-refractivity contribution in [2.24, 2.45) is 18.7 Å². The number of rotatable bonds is 6. The maximum absolute atomic E-state index is 13.4. The quantitative estimate of drug-likeness (QED) is 0.588. The van der Waals surface area contributed by atoms with E-state index in [9.17, 15) is 13.6 Å². The molecule has 0 aliphatic heterocycles. The standard InChI is InChI=1S/C18H16Cl2F2N4OS/c1-26-16(12(19)8-24-26)11-6-15(28-17(11)20)25-18(27)10(7-23)4-9-2-3-13(21)14(22)5-9/h2-3,5-6,8,10H,4,7,23H2,1H3,(H,25,27). The molecular formula is C18H16Cl2F2N4OS. The Morgan fingerprint density at radius 2 is 2.07 bits per heavy atom. The van der Waals surface area contributed by atoms with E-state index >= 15 is 0 Å². The van der Waals surface area contributed by atoms with Gasteiger partial charge in [0.15, 0.2) is 11.6 Å². The summed E-state index contributed by atoms with van der Waals surface area (Å²) in [4.78, 5) is 12.6. The third-order valence-electron chi connectivity index (χ3n) is 4.20. The predicted octanol–water partition coefficient (Wildman–Crippen LogP) is 4.49. The fourth-order valence-electron chi connectivity index (χ4n) is 2.76. The first kappa shape index (κ1) is 20.7. The topological polar surface area (TPSA) is 72.9 Å². The van der Waals surface area contributed by atoms with Gasteiger partial charge in [0.05, 0.1) is 27.8 Å². The predicted molar refractivity (Wildman–Crippen MR) is 108 cm³/mol. The second-order valence-electron chi connectivity index (χ2n) is 6.14. The van der Waals surface area contributed by atoms with Crippen LogP contribution in [0.2, 0.25) is 9.36 Å². The molecule has 5 nitrogen and oxygen atoms in total. The maximum Gasteiger partial charge on any atom is 0.229 e. The summed E-state index contributed by atoms with van der Waals surface area (Å²) in [6, 6.07) is 5.23. The molecular weight excluding hydrogens is 429 g/mol. The monoisotopic (exact) mass is 444 g/mol. The minimum Gasteiger partial charge on any atom is -0.330 e. The van der Waals surface area contributed by atoms with Crippen LogP contribution in [0.5, 0.6) is 0 Å². The average Bonchev–Trinajstić information content (AvgIpc) is 3.16. The molecule has 0 spiro atoms. The fourth-order valence-corrected chi connectivity index (χ4v) is 4.21. The second kappa shape index (κ2) is 8.57. The number of carbonyl (C=O) groups excluding carboxylic acids is 1. The number of thiophene rings is 1. The van der Waals surface area contributed by atoms with Crippen LogP contribution in [-0.4, -0.2) is 22.2 Å². The van der Waals surface area contributed by atoms with Crippen LogP contribution in [0.25, 0.3) is 11.3 Å². The van der Waals surface area contributed by atoms with Gasteiger partial charge in [-0.2, -0.15) is 5.10 Å². The lowest BCUT2D eigenvalue weighted by molar-refractivity contribution is -0.119. The Kier molecular flexibility index (Phi) is 6.34. The molecule has 1 amide bonds. The smallest absolute Gasteiger partial charge is 0.229 e. The van der Waals surface area contributed by atoms with Crippen LogP contribution < -0.4 is 11.1 Å². The molecule has 1 atom stereocenters. The molecule has 0 fully saturated rings. The first-order chi connectivity index (χ1) is 13.3. The number of carbonyl (C=O) groups is 1. The highest BCUT2D eigenvalue weighted by Crippen LogP contribution is 2.41. The molecule has 0 aliphatic rings. The molecule has 2 heterocycles. The summed E-state index contributed by atoms with van der Waals surface area (Å²) < 4.78 is 28.5. The SMILES string of the molecule is Cn1ncc(Cl)c1-c1cc(NC(=O)C(CN)Cc2ccc(F)c(F)c2)sc1Cl. The Morgan fingerprint density at radius 1 is 1.32 bits per heavy atom.